The smallest absolute Gasteiger partial charge is 0.329 e. The van der Waals surface area contributed by atoms with Gasteiger partial charge in [-0.2, -0.15) is 0 Å². The molecular weight excluding hydrogens is 454 g/mol. The van der Waals surface area contributed by atoms with Gasteiger partial charge in [0.2, 0.25) is 0 Å². The molecule has 1 aromatic heterocycles. The summed E-state index contributed by atoms with van der Waals surface area (Å²) in [6, 6.07) is 13.3. The van der Waals surface area contributed by atoms with Crippen LogP contribution in [0.3, 0.4) is 0 Å². The van der Waals surface area contributed by atoms with Crippen LogP contribution in [0, 0.1) is 5.92 Å². The molecule has 1 saturated heterocycles. The molecule has 178 valence electrons. The van der Waals surface area contributed by atoms with Crippen LogP contribution in [0.25, 0.3) is 10.9 Å². The summed E-state index contributed by atoms with van der Waals surface area (Å²) in [6.45, 7) is 3.15. The van der Waals surface area contributed by atoms with E-state index in [0.29, 0.717) is 19.0 Å². The van der Waals surface area contributed by atoms with Crippen molar-refractivity contribution in [3.63, 3.8) is 0 Å². The molecule has 1 fully saturated rings. The van der Waals surface area contributed by atoms with Gasteiger partial charge in [-0.3, -0.25) is 9.59 Å². The Morgan fingerprint density at radius 2 is 1.82 bits per heavy atom. The Labute approximate surface area is 203 Å². The Balaban J connectivity index is 1.48. The number of esters is 1. The van der Waals surface area contributed by atoms with Crippen LogP contribution in [-0.2, 0) is 20.7 Å². The first-order valence-electron chi connectivity index (χ1n) is 11.5. The summed E-state index contributed by atoms with van der Waals surface area (Å²) in [7, 11) is 0. The first-order chi connectivity index (χ1) is 16.4. The van der Waals surface area contributed by atoms with Gasteiger partial charge in [-0.25, -0.2) is 4.79 Å². The highest BCUT2D eigenvalue weighted by Crippen LogP contribution is 2.21. The molecule has 8 heteroatoms. The monoisotopic (exact) mass is 481 g/mol. The Morgan fingerprint density at radius 1 is 1.12 bits per heavy atom. The molecule has 34 heavy (non-hydrogen) atoms. The van der Waals surface area contributed by atoms with Crippen molar-refractivity contribution >= 4 is 40.3 Å². The van der Waals surface area contributed by atoms with Crippen LogP contribution in [-0.4, -0.2) is 53.4 Å². The number of aromatic nitrogens is 1. The van der Waals surface area contributed by atoms with Gasteiger partial charge in [0.1, 0.15) is 6.04 Å². The number of halogens is 1. The van der Waals surface area contributed by atoms with Gasteiger partial charge in [0.05, 0.1) is 10.6 Å². The zero-order chi connectivity index (χ0) is 24.1. The fourth-order valence-electron chi connectivity index (χ4n) is 4.18. The molecule has 3 aromatic rings. The number of carbonyl (C=O) groups excluding carboxylic acids is 3. The number of piperidine rings is 1. The van der Waals surface area contributed by atoms with Crippen LogP contribution < -0.4 is 5.32 Å². The minimum absolute atomic E-state index is 0.203. The number of aromatic amines is 1. The molecule has 0 saturated carbocycles. The van der Waals surface area contributed by atoms with E-state index in [0.717, 1.165) is 29.3 Å². The predicted octanol–water partition coefficient (Wildman–Crippen LogP) is 3.96. The van der Waals surface area contributed by atoms with E-state index < -0.39 is 17.9 Å². The molecule has 2 amide bonds. The SMILES string of the molecule is CC1CCN(C(=O)COC(=O)C(Cc2c[nH]c3ccccc23)NC(=O)c2ccccc2Cl)CC1. The third kappa shape index (κ3) is 5.59. The maximum Gasteiger partial charge on any atom is 0.329 e. The third-order valence-electron chi connectivity index (χ3n) is 6.28. The van der Waals surface area contributed by atoms with Crippen LogP contribution in [0.1, 0.15) is 35.7 Å². The second kappa shape index (κ2) is 10.7. The highest BCUT2D eigenvalue weighted by Gasteiger charge is 2.27. The Kier molecular flexibility index (Phi) is 7.53. The van der Waals surface area contributed by atoms with Gasteiger partial charge in [0.15, 0.2) is 6.61 Å². The molecule has 1 unspecified atom stereocenters. The van der Waals surface area contributed by atoms with Crippen molar-refractivity contribution < 1.29 is 19.1 Å². The molecule has 1 atom stereocenters. The molecule has 0 spiro atoms. The van der Waals surface area contributed by atoms with Gasteiger partial charge < -0.3 is 19.9 Å². The zero-order valence-electron chi connectivity index (χ0n) is 19.1. The van der Waals surface area contributed by atoms with E-state index in [2.05, 4.69) is 17.2 Å². The number of ether oxygens (including phenoxy) is 1. The van der Waals surface area contributed by atoms with Crippen molar-refractivity contribution in [3.05, 3.63) is 70.9 Å². The van der Waals surface area contributed by atoms with Gasteiger partial charge in [0.25, 0.3) is 11.8 Å². The molecule has 0 bridgehead atoms. The van der Waals surface area contributed by atoms with Gasteiger partial charge in [-0.15, -0.1) is 0 Å². The first kappa shape index (κ1) is 23.8. The second-order valence-electron chi connectivity index (χ2n) is 8.74. The number of hydrogen-bond donors (Lipinski definition) is 2. The number of fused-ring (bicyclic) bond motifs is 1. The average Bonchev–Trinajstić information content (AvgIpc) is 3.25. The fourth-order valence-corrected chi connectivity index (χ4v) is 4.40. The molecule has 1 aliphatic heterocycles. The number of carbonyl (C=O) groups is 3. The fraction of sp³-hybridized carbons (Fsp3) is 0.346. The number of rotatable bonds is 7. The van der Waals surface area contributed by atoms with E-state index in [4.69, 9.17) is 16.3 Å². The van der Waals surface area contributed by atoms with Gasteiger partial charge >= 0.3 is 5.97 Å². The summed E-state index contributed by atoms with van der Waals surface area (Å²) >= 11 is 6.17. The number of hydrogen-bond acceptors (Lipinski definition) is 4. The van der Waals surface area contributed by atoms with E-state index in [9.17, 15) is 14.4 Å². The quantitative estimate of drug-likeness (QED) is 0.499. The van der Waals surface area contributed by atoms with E-state index >= 15 is 0 Å². The van der Waals surface area contributed by atoms with E-state index in [1.54, 1.807) is 29.2 Å². The van der Waals surface area contributed by atoms with E-state index in [1.807, 2.05) is 30.5 Å². The lowest BCUT2D eigenvalue weighted by Crippen LogP contribution is -2.45. The molecule has 0 radical (unpaired) electrons. The summed E-state index contributed by atoms with van der Waals surface area (Å²) in [4.78, 5) is 43.4. The Hall–Kier alpha value is -3.32. The van der Waals surface area contributed by atoms with Crippen LogP contribution >= 0.6 is 11.6 Å². The lowest BCUT2D eigenvalue weighted by molar-refractivity contribution is -0.154. The lowest BCUT2D eigenvalue weighted by Gasteiger charge is -2.30. The normalized spacial score (nSPS) is 15.2. The third-order valence-corrected chi connectivity index (χ3v) is 6.61. The average molecular weight is 482 g/mol. The summed E-state index contributed by atoms with van der Waals surface area (Å²) in [5.74, 6) is -0.774. The minimum atomic E-state index is -0.989. The lowest BCUT2D eigenvalue weighted by atomic mass is 9.99. The van der Waals surface area contributed by atoms with Crippen LogP contribution in [0.2, 0.25) is 5.02 Å². The number of amides is 2. The first-order valence-corrected chi connectivity index (χ1v) is 11.8. The zero-order valence-corrected chi connectivity index (χ0v) is 19.8. The number of nitrogens with one attached hydrogen (secondary N) is 2. The number of likely N-dealkylation sites (tertiary alicyclic amines) is 1. The van der Waals surface area contributed by atoms with Crippen molar-refractivity contribution in [2.45, 2.75) is 32.2 Å². The van der Waals surface area contributed by atoms with E-state index in [-0.39, 0.29) is 29.5 Å². The maximum absolute atomic E-state index is 13.0. The molecular formula is C26H28ClN3O4. The summed E-state index contributed by atoms with van der Waals surface area (Å²) < 4.78 is 5.39. The van der Waals surface area contributed by atoms with Crippen molar-refractivity contribution in [1.29, 1.82) is 0 Å². The molecule has 0 aliphatic carbocycles. The highest BCUT2D eigenvalue weighted by molar-refractivity contribution is 6.33. The molecule has 2 heterocycles. The molecule has 1 aliphatic rings. The number of nitrogens with zero attached hydrogens (tertiary/aromatic N) is 1. The van der Waals surface area contributed by atoms with Crippen LogP contribution in [0.4, 0.5) is 0 Å². The molecule has 2 aromatic carbocycles. The molecule has 7 nitrogen and oxygen atoms in total. The summed E-state index contributed by atoms with van der Waals surface area (Å²) in [5, 5.41) is 3.98. The van der Waals surface area contributed by atoms with Gasteiger partial charge in [0, 0.05) is 36.6 Å². The van der Waals surface area contributed by atoms with Crippen LogP contribution in [0.5, 0.6) is 0 Å². The van der Waals surface area contributed by atoms with E-state index in [1.165, 1.54) is 0 Å². The van der Waals surface area contributed by atoms with Crippen molar-refractivity contribution in [3.8, 4) is 0 Å². The summed E-state index contributed by atoms with van der Waals surface area (Å²) in [5.41, 5.74) is 2.05. The molecule has 2 N–H and O–H groups in total. The summed E-state index contributed by atoms with van der Waals surface area (Å²) in [6.07, 6.45) is 3.90. The highest BCUT2D eigenvalue weighted by atomic mass is 35.5. The number of benzene rings is 2. The number of H-pyrrole nitrogens is 1. The van der Waals surface area contributed by atoms with Gasteiger partial charge in [-0.1, -0.05) is 48.9 Å². The number of para-hydroxylation sites is 1. The second-order valence-corrected chi connectivity index (χ2v) is 9.15. The molecule has 4 rings (SSSR count). The Bertz CT molecular complexity index is 1180. The van der Waals surface area contributed by atoms with Crippen LogP contribution in [0.15, 0.2) is 54.7 Å². The van der Waals surface area contributed by atoms with Gasteiger partial charge in [-0.05, 0) is 42.5 Å². The standard InChI is InChI=1S/C26H28ClN3O4/c1-17-10-12-30(13-11-17)24(31)16-34-26(33)23(29-25(32)20-7-2-4-8-21(20)27)14-18-15-28-22-9-5-3-6-19(18)22/h2-9,15,17,23,28H,10-14,16H2,1H3,(H,29,32). The van der Waals surface area contributed by atoms with Crippen molar-refractivity contribution in [2.75, 3.05) is 19.7 Å². The van der Waals surface area contributed by atoms with Crippen molar-refractivity contribution in [1.82, 2.24) is 15.2 Å². The maximum atomic E-state index is 13.0. The Morgan fingerprint density at radius 3 is 2.59 bits per heavy atom. The minimum Gasteiger partial charge on any atom is -0.454 e. The predicted molar refractivity (Wildman–Crippen MR) is 131 cm³/mol. The largest absolute Gasteiger partial charge is 0.454 e. The topological polar surface area (TPSA) is 91.5 Å². The van der Waals surface area contributed by atoms with Crippen molar-refractivity contribution in [2.24, 2.45) is 5.92 Å².